The van der Waals surface area contributed by atoms with Gasteiger partial charge in [0.05, 0.1) is 0 Å². The Bertz CT molecular complexity index is 299. The Morgan fingerprint density at radius 2 is 2.07 bits per heavy atom. The number of aliphatic hydroxyl groups excluding tert-OH is 1. The Labute approximate surface area is 91.0 Å². The van der Waals surface area contributed by atoms with E-state index < -0.39 is 6.29 Å². The van der Waals surface area contributed by atoms with Crippen molar-refractivity contribution in [2.24, 2.45) is 0 Å². The number of rotatable bonds is 5. The smallest absolute Gasteiger partial charge is 0.153 e. The normalized spacial score (nSPS) is 10.7. The van der Waals surface area contributed by atoms with Gasteiger partial charge in [-0.25, -0.2) is 0 Å². The molecule has 0 bridgehead atoms. The van der Waals surface area contributed by atoms with Crippen LogP contribution in [0.4, 0.5) is 5.69 Å². The monoisotopic (exact) mass is 209 g/mol. The molecule has 0 radical (unpaired) electrons. The maximum Gasteiger partial charge on any atom is 0.153 e. The van der Waals surface area contributed by atoms with Crippen LogP contribution in [0.1, 0.15) is 18.9 Å². The van der Waals surface area contributed by atoms with Gasteiger partial charge >= 0.3 is 0 Å². The van der Waals surface area contributed by atoms with Crippen LogP contribution in [-0.4, -0.2) is 29.6 Å². The van der Waals surface area contributed by atoms with Gasteiger partial charge in [0.1, 0.15) is 0 Å². The number of hydrogen-bond donors (Lipinski definition) is 2. The van der Waals surface area contributed by atoms with Crippen LogP contribution in [0.3, 0.4) is 0 Å². The molecule has 0 amide bonds. The van der Waals surface area contributed by atoms with E-state index >= 15 is 0 Å². The molecule has 0 saturated carbocycles. The van der Waals surface area contributed by atoms with Crippen molar-refractivity contribution in [1.82, 2.24) is 0 Å². The Morgan fingerprint density at radius 1 is 1.33 bits per heavy atom. The first-order chi connectivity index (χ1) is 7.13. The van der Waals surface area contributed by atoms with Crippen molar-refractivity contribution >= 4 is 5.69 Å². The summed E-state index contributed by atoms with van der Waals surface area (Å²) >= 11 is 0. The fourth-order valence-corrected chi connectivity index (χ4v) is 1.57. The van der Waals surface area contributed by atoms with E-state index in [1.54, 1.807) is 0 Å². The lowest BCUT2D eigenvalue weighted by atomic mass is 10.2. The molecule has 3 heteroatoms. The maximum absolute atomic E-state index is 8.83. The first kappa shape index (κ1) is 12.0. The third kappa shape index (κ3) is 3.90. The Morgan fingerprint density at radius 3 is 2.60 bits per heavy atom. The molecule has 2 N–H and O–H groups in total. The third-order valence-electron chi connectivity index (χ3n) is 2.41. The van der Waals surface area contributed by atoms with Crippen LogP contribution in [0.2, 0.25) is 0 Å². The molecule has 0 aliphatic carbocycles. The summed E-state index contributed by atoms with van der Waals surface area (Å²) in [4.78, 5) is 2.13. The third-order valence-corrected chi connectivity index (χ3v) is 2.41. The Balaban J connectivity index is 2.65. The van der Waals surface area contributed by atoms with Crippen molar-refractivity contribution in [3.8, 4) is 0 Å². The molecule has 0 heterocycles. The highest BCUT2D eigenvalue weighted by Gasteiger charge is 2.06. The topological polar surface area (TPSA) is 43.7 Å². The predicted octanol–water partition coefficient (Wildman–Crippen LogP) is 1.52. The van der Waals surface area contributed by atoms with Crippen LogP contribution in [0, 0.1) is 6.92 Å². The molecule has 0 aliphatic rings. The highest BCUT2D eigenvalue weighted by molar-refractivity contribution is 5.48. The number of aliphatic hydroxyl groups is 2. The molecular weight excluding hydrogens is 190 g/mol. The summed E-state index contributed by atoms with van der Waals surface area (Å²) in [5.74, 6) is 0. The molecule has 1 aromatic rings. The quantitative estimate of drug-likeness (QED) is 0.723. The van der Waals surface area contributed by atoms with Crippen LogP contribution in [0.25, 0.3) is 0 Å². The van der Waals surface area contributed by atoms with E-state index in [0.29, 0.717) is 13.0 Å². The lowest BCUT2D eigenvalue weighted by molar-refractivity contribution is -0.0432. The molecule has 0 unspecified atom stereocenters. The summed E-state index contributed by atoms with van der Waals surface area (Å²) in [5, 5.41) is 17.7. The minimum Gasteiger partial charge on any atom is -0.372 e. The molecule has 0 spiro atoms. The van der Waals surface area contributed by atoms with Crippen molar-refractivity contribution in [3.63, 3.8) is 0 Å². The van der Waals surface area contributed by atoms with Crippen molar-refractivity contribution in [3.05, 3.63) is 29.8 Å². The van der Waals surface area contributed by atoms with Crippen LogP contribution >= 0.6 is 0 Å². The van der Waals surface area contributed by atoms with E-state index in [4.69, 9.17) is 10.2 Å². The average Bonchev–Trinajstić information content (AvgIpc) is 2.18. The maximum atomic E-state index is 8.83. The summed E-state index contributed by atoms with van der Waals surface area (Å²) in [5.41, 5.74) is 2.36. The van der Waals surface area contributed by atoms with Crippen LogP contribution in [0.15, 0.2) is 24.3 Å². The van der Waals surface area contributed by atoms with Gasteiger partial charge in [-0.1, -0.05) is 12.1 Å². The lowest BCUT2D eigenvalue weighted by Gasteiger charge is -2.23. The van der Waals surface area contributed by atoms with E-state index in [9.17, 15) is 0 Å². The molecule has 1 aromatic carbocycles. The van der Waals surface area contributed by atoms with Gasteiger partial charge in [0.2, 0.25) is 0 Å². The van der Waals surface area contributed by atoms with Gasteiger partial charge in [-0.15, -0.1) is 0 Å². The summed E-state index contributed by atoms with van der Waals surface area (Å²) in [7, 11) is 0. The van der Waals surface area contributed by atoms with Gasteiger partial charge in [0, 0.05) is 25.2 Å². The molecule has 0 fully saturated rings. The fraction of sp³-hybridized carbons (Fsp3) is 0.500. The van der Waals surface area contributed by atoms with Gasteiger partial charge in [-0.2, -0.15) is 0 Å². The number of benzene rings is 1. The average molecular weight is 209 g/mol. The minimum absolute atomic E-state index is 0.377. The first-order valence-electron chi connectivity index (χ1n) is 5.31. The van der Waals surface area contributed by atoms with E-state index in [1.165, 1.54) is 5.56 Å². The van der Waals surface area contributed by atoms with Gasteiger partial charge in [0.25, 0.3) is 0 Å². The summed E-state index contributed by atoms with van der Waals surface area (Å²) in [6.45, 7) is 5.65. The molecule has 1 rings (SSSR count). The molecule has 0 saturated heterocycles. The summed E-state index contributed by atoms with van der Waals surface area (Å²) < 4.78 is 0. The SMILES string of the molecule is CCN(CCC(O)O)c1cccc(C)c1. The van der Waals surface area contributed by atoms with Gasteiger partial charge in [-0.3, -0.25) is 0 Å². The highest BCUT2D eigenvalue weighted by Crippen LogP contribution is 2.15. The second-order valence-corrected chi connectivity index (χ2v) is 3.69. The molecular formula is C12H19NO2. The predicted molar refractivity (Wildman–Crippen MR) is 61.9 cm³/mol. The van der Waals surface area contributed by atoms with E-state index in [-0.39, 0.29) is 0 Å². The van der Waals surface area contributed by atoms with Crippen LogP contribution in [0.5, 0.6) is 0 Å². The van der Waals surface area contributed by atoms with Gasteiger partial charge < -0.3 is 15.1 Å². The largest absolute Gasteiger partial charge is 0.372 e. The minimum atomic E-state index is -1.22. The van der Waals surface area contributed by atoms with Crippen molar-refractivity contribution in [2.75, 3.05) is 18.0 Å². The Kier molecular flexibility index (Phi) is 4.59. The molecule has 0 aromatic heterocycles. The van der Waals surface area contributed by atoms with E-state index in [0.717, 1.165) is 12.2 Å². The molecule has 15 heavy (non-hydrogen) atoms. The van der Waals surface area contributed by atoms with Crippen LogP contribution < -0.4 is 4.90 Å². The molecule has 0 aliphatic heterocycles. The highest BCUT2D eigenvalue weighted by atomic mass is 16.5. The zero-order valence-electron chi connectivity index (χ0n) is 9.35. The summed E-state index contributed by atoms with van der Waals surface area (Å²) in [6, 6.07) is 8.22. The van der Waals surface area contributed by atoms with E-state index in [1.807, 2.05) is 12.1 Å². The van der Waals surface area contributed by atoms with Crippen molar-refractivity contribution in [2.45, 2.75) is 26.6 Å². The van der Waals surface area contributed by atoms with E-state index in [2.05, 4.69) is 30.9 Å². The molecule has 3 nitrogen and oxygen atoms in total. The Hall–Kier alpha value is -1.06. The lowest BCUT2D eigenvalue weighted by Crippen LogP contribution is -2.26. The van der Waals surface area contributed by atoms with Crippen molar-refractivity contribution in [1.29, 1.82) is 0 Å². The number of anilines is 1. The molecule has 0 atom stereocenters. The molecule has 84 valence electrons. The number of hydrogen-bond acceptors (Lipinski definition) is 3. The van der Waals surface area contributed by atoms with Crippen LogP contribution in [-0.2, 0) is 0 Å². The zero-order chi connectivity index (χ0) is 11.3. The summed E-state index contributed by atoms with van der Waals surface area (Å²) in [6.07, 6.45) is -0.842. The van der Waals surface area contributed by atoms with Gasteiger partial charge in [-0.05, 0) is 31.5 Å². The fourth-order valence-electron chi connectivity index (χ4n) is 1.57. The van der Waals surface area contributed by atoms with Gasteiger partial charge in [0.15, 0.2) is 6.29 Å². The standard InChI is InChI=1S/C12H19NO2/c1-3-13(8-7-12(14)15)11-6-4-5-10(2)9-11/h4-6,9,12,14-15H,3,7-8H2,1-2H3. The first-order valence-corrected chi connectivity index (χ1v) is 5.31. The zero-order valence-corrected chi connectivity index (χ0v) is 9.35. The number of aryl methyl sites for hydroxylation is 1. The van der Waals surface area contributed by atoms with Crippen molar-refractivity contribution < 1.29 is 10.2 Å². The second-order valence-electron chi connectivity index (χ2n) is 3.69. The number of nitrogens with zero attached hydrogens (tertiary/aromatic N) is 1. The second kappa shape index (κ2) is 5.73.